The number of nitrogens with zero attached hydrogens (tertiary/aromatic N) is 3. The molecule has 3 heterocycles. The zero-order valence-electron chi connectivity index (χ0n) is 17.5. The first-order valence-corrected chi connectivity index (χ1v) is 10.3. The monoisotopic (exact) mass is 409 g/mol. The number of carbonyl (C=O) groups is 2. The van der Waals surface area contributed by atoms with E-state index in [1.54, 1.807) is 36.6 Å². The summed E-state index contributed by atoms with van der Waals surface area (Å²) in [6.07, 6.45) is 0.306. The highest BCUT2D eigenvalue weighted by molar-refractivity contribution is 5.84. The van der Waals surface area contributed by atoms with Gasteiger partial charge in [-0.05, 0) is 17.7 Å². The van der Waals surface area contributed by atoms with Gasteiger partial charge in [0, 0.05) is 50.8 Å². The van der Waals surface area contributed by atoms with E-state index in [2.05, 4.69) is 0 Å². The van der Waals surface area contributed by atoms with Gasteiger partial charge in [-0.15, -0.1) is 0 Å². The van der Waals surface area contributed by atoms with Crippen LogP contribution in [0.5, 0.6) is 0 Å². The molecule has 158 valence electrons. The third kappa shape index (κ3) is 2.96. The summed E-state index contributed by atoms with van der Waals surface area (Å²) in [5.74, 6) is -1.20. The van der Waals surface area contributed by atoms with E-state index < -0.39 is 23.9 Å². The van der Waals surface area contributed by atoms with Crippen LogP contribution in [-0.2, 0) is 16.1 Å². The fourth-order valence-electron chi connectivity index (χ4n) is 5.05. The van der Waals surface area contributed by atoms with Crippen molar-refractivity contribution in [1.82, 2.24) is 14.4 Å². The molecule has 1 saturated heterocycles. The van der Waals surface area contributed by atoms with Crippen molar-refractivity contribution in [2.75, 3.05) is 20.7 Å². The molecule has 1 aromatic carbocycles. The molecule has 0 unspecified atom stereocenters. The lowest BCUT2D eigenvalue weighted by molar-refractivity contribution is -0.138. The molecule has 2 aliphatic heterocycles. The van der Waals surface area contributed by atoms with Gasteiger partial charge in [0.2, 0.25) is 11.8 Å². The number of aliphatic hydroxyl groups excluding tert-OH is 1. The summed E-state index contributed by atoms with van der Waals surface area (Å²) in [6, 6.07) is 12.1. The molecule has 7 nitrogen and oxygen atoms in total. The van der Waals surface area contributed by atoms with Crippen LogP contribution in [0.2, 0.25) is 0 Å². The summed E-state index contributed by atoms with van der Waals surface area (Å²) >= 11 is 0. The third-order valence-corrected chi connectivity index (χ3v) is 6.45. The molecule has 0 saturated carbocycles. The standard InChI is InChI=1S/C23H27N3O4/c1-4-19(28)26-18-12-25-17(21(26)20(16(18)13-27)23(30)24(2)3)11-10-15(22(25)29)14-8-6-5-7-9-14/h5-11,16,18,20-21,27H,4,12-13H2,1-3H3/t16-,18-,20+,21+/m0/s1. The number of hydrogen-bond donors (Lipinski definition) is 1. The van der Waals surface area contributed by atoms with E-state index in [1.807, 2.05) is 36.4 Å². The van der Waals surface area contributed by atoms with Crippen LogP contribution < -0.4 is 5.56 Å². The number of hydrogen-bond acceptors (Lipinski definition) is 4. The Morgan fingerprint density at radius 2 is 1.83 bits per heavy atom. The minimum Gasteiger partial charge on any atom is -0.396 e. The molecule has 0 radical (unpaired) electrons. The molecular weight excluding hydrogens is 382 g/mol. The van der Waals surface area contributed by atoms with Crippen molar-refractivity contribution in [3.63, 3.8) is 0 Å². The zero-order chi connectivity index (χ0) is 21.6. The van der Waals surface area contributed by atoms with Crippen LogP contribution in [-0.4, -0.2) is 58.0 Å². The average molecular weight is 409 g/mol. The number of aliphatic hydroxyl groups is 1. The molecule has 2 amide bonds. The van der Waals surface area contributed by atoms with E-state index in [1.165, 1.54) is 4.90 Å². The highest BCUT2D eigenvalue weighted by Crippen LogP contribution is 2.49. The van der Waals surface area contributed by atoms with Gasteiger partial charge in [0.05, 0.1) is 18.0 Å². The maximum absolute atomic E-state index is 13.4. The molecule has 4 rings (SSSR count). The van der Waals surface area contributed by atoms with Crippen molar-refractivity contribution < 1.29 is 14.7 Å². The molecule has 0 aliphatic carbocycles. The Kier molecular flexibility index (Phi) is 5.24. The molecule has 2 aliphatic rings. The maximum atomic E-state index is 13.4. The molecule has 7 heteroatoms. The van der Waals surface area contributed by atoms with E-state index in [9.17, 15) is 19.5 Å². The summed E-state index contributed by atoms with van der Waals surface area (Å²) in [4.78, 5) is 42.6. The Hall–Kier alpha value is -2.93. The van der Waals surface area contributed by atoms with Crippen molar-refractivity contribution >= 4 is 11.8 Å². The van der Waals surface area contributed by atoms with Crippen LogP contribution in [0.3, 0.4) is 0 Å². The van der Waals surface area contributed by atoms with Crippen molar-refractivity contribution in [2.24, 2.45) is 11.8 Å². The first-order valence-electron chi connectivity index (χ1n) is 10.3. The molecule has 2 aromatic rings. The second-order valence-corrected chi connectivity index (χ2v) is 8.23. The SMILES string of the molecule is CCC(=O)N1[C@@H]2c3ccc(-c4ccccc4)c(=O)n3C[C@H]1[C@H](CO)[C@H]2C(=O)N(C)C. The Balaban J connectivity index is 1.90. The number of rotatable bonds is 4. The Morgan fingerprint density at radius 1 is 1.13 bits per heavy atom. The second kappa shape index (κ2) is 7.72. The van der Waals surface area contributed by atoms with Gasteiger partial charge >= 0.3 is 0 Å². The van der Waals surface area contributed by atoms with Gasteiger partial charge in [-0.3, -0.25) is 14.4 Å². The fraction of sp³-hybridized carbons (Fsp3) is 0.435. The summed E-state index contributed by atoms with van der Waals surface area (Å²) < 4.78 is 1.70. The number of carbonyl (C=O) groups excluding carboxylic acids is 2. The van der Waals surface area contributed by atoms with Crippen molar-refractivity contribution in [3.8, 4) is 11.1 Å². The first-order chi connectivity index (χ1) is 14.4. The normalized spacial score (nSPS) is 24.5. The minimum atomic E-state index is -0.582. The molecular formula is C23H27N3O4. The quantitative estimate of drug-likeness (QED) is 0.830. The molecule has 1 aromatic heterocycles. The summed E-state index contributed by atoms with van der Waals surface area (Å²) in [5, 5.41) is 10.2. The predicted molar refractivity (Wildman–Crippen MR) is 113 cm³/mol. The molecule has 4 atom stereocenters. The van der Waals surface area contributed by atoms with Crippen molar-refractivity contribution in [2.45, 2.75) is 32.0 Å². The van der Waals surface area contributed by atoms with Gasteiger partial charge in [0.25, 0.3) is 5.56 Å². The number of fused-ring (bicyclic) bond motifs is 4. The van der Waals surface area contributed by atoms with Gasteiger partial charge in [-0.2, -0.15) is 0 Å². The topological polar surface area (TPSA) is 82.9 Å². The Labute approximate surface area is 175 Å². The highest BCUT2D eigenvalue weighted by Gasteiger charge is 2.57. The Bertz CT molecular complexity index is 1030. The highest BCUT2D eigenvalue weighted by atomic mass is 16.3. The van der Waals surface area contributed by atoms with Crippen LogP contribution in [0.25, 0.3) is 11.1 Å². The van der Waals surface area contributed by atoms with E-state index in [4.69, 9.17) is 0 Å². The van der Waals surface area contributed by atoms with Crippen LogP contribution in [0, 0.1) is 11.8 Å². The smallest absolute Gasteiger partial charge is 0.258 e. The number of benzene rings is 1. The Morgan fingerprint density at radius 3 is 2.43 bits per heavy atom. The van der Waals surface area contributed by atoms with Crippen molar-refractivity contribution in [3.05, 3.63) is 58.5 Å². The van der Waals surface area contributed by atoms with Crippen molar-refractivity contribution in [1.29, 1.82) is 0 Å². The zero-order valence-corrected chi connectivity index (χ0v) is 17.5. The van der Waals surface area contributed by atoms with Crippen LogP contribution >= 0.6 is 0 Å². The van der Waals surface area contributed by atoms with Crippen LogP contribution in [0.15, 0.2) is 47.3 Å². The number of amides is 2. The predicted octanol–water partition coefficient (Wildman–Crippen LogP) is 1.50. The average Bonchev–Trinajstić information content (AvgIpc) is 3.00. The fourth-order valence-corrected chi connectivity index (χ4v) is 5.05. The largest absolute Gasteiger partial charge is 0.396 e. The molecule has 30 heavy (non-hydrogen) atoms. The van der Waals surface area contributed by atoms with Crippen LogP contribution in [0.4, 0.5) is 0 Å². The first kappa shape index (κ1) is 20.3. The number of aromatic nitrogens is 1. The van der Waals surface area contributed by atoms with Gasteiger partial charge in [0.15, 0.2) is 0 Å². The van der Waals surface area contributed by atoms with Gasteiger partial charge in [-0.25, -0.2) is 0 Å². The van der Waals surface area contributed by atoms with Gasteiger partial charge in [-0.1, -0.05) is 37.3 Å². The molecule has 0 spiro atoms. The van der Waals surface area contributed by atoms with Gasteiger partial charge in [0.1, 0.15) is 0 Å². The molecule has 1 fully saturated rings. The third-order valence-electron chi connectivity index (χ3n) is 6.45. The van der Waals surface area contributed by atoms with Crippen LogP contribution in [0.1, 0.15) is 25.1 Å². The van der Waals surface area contributed by atoms with Gasteiger partial charge < -0.3 is 19.5 Å². The molecule has 1 N–H and O–H groups in total. The lowest BCUT2D eigenvalue weighted by Gasteiger charge is -2.38. The summed E-state index contributed by atoms with van der Waals surface area (Å²) in [5.41, 5.74) is 1.95. The minimum absolute atomic E-state index is 0.0664. The summed E-state index contributed by atoms with van der Waals surface area (Å²) in [6.45, 7) is 1.85. The lowest BCUT2D eigenvalue weighted by atomic mass is 9.86. The van der Waals surface area contributed by atoms with E-state index in [-0.39, 0.29) is 30.5 Å². The second-order valence-electron chi connectivity index (χ2n) is 8.23. The number of pyridine rings is 1. The molecule has 2 bridgehead atoms. The van der Waals surface area contributed by atoms with E-state index in [0.29, 0.717) is 17.7 Å². The lowest BCUT2D eigenvalue weighted by Crippen LogP contribution is -2.49. The van der Waals surface area contributed by atoms with E-state index >= 15 is 0 Å². The summed E-state index contributed by atoms with van der Waals surface area (Å²) in [7, 11) is 3.35. The maximum Gasteiger partial charge on any atom is 0.258 e. The van der Waals surface area contributed by atoms with E-state index in [0.717, 1.165) is 5.56 Å².